The highest BCUT2D eigenvalue weighted by Gasteiger charge is 2.61. The highest BCUT2D eigenvalue weighted by Crippen LogP contribution is 2.54. The Bertz CT molecular complexity index is 1210. The number of aliphatic hydroxyl groups is 1. The van der Waals surface area contributed by atoms with Crippen LogP contribution in [0.25, 0.3) is 16.5 Å². The number of halogens is 4. The van der Waals surface area contributed by atoms with Crippen LogP contribution >= 0.6 is 0 Å². The third-order valence-corrected chi connectivity index (χ3v) is 5.62. The van der Waals surface area contributed by atoms with E-state index in [1.54, 1.807) is 25.1 Å². The van der Waals surface area contributed by atoms with Crippen LogP contribution in [0, 0.1) is 12.7 Å². The minimum atomic E-state index is -5.02. The molecule has 0 saturated heterocycles. The van der Waals surface area contributed by atoms with E-state index in [1.165, 1.54) is 19.2 Å². The molecule has 0 unspecified atom stereocenters. The van der Waals surface area contributed by atoms with Gasteiger partial charge in [-0.05, 0) is 43.2 Å². The third kappa shape index (κ3) is 3.29. The molecule has 31 heavy (non-hydrogen) atoms. The summed E-state index contributed by atoms with van der Waals surface area (Å²) in [6.45, 7) is 3.16. The Kier molecular flexibility index (Phi) is 4.88. The molecule has 1 aliphatic rings. The van der Waals surface area contributed by atoms with Gasteiger partial charge in [-0.25, -0.2) is 14.4 Å². The maximum atomic E-state index is 14.2. The second-order valence-electron chi connectivity index (χ2n) is 7.51. The highest BCUT2D eigenvalue weighted by atomic mass is 19.4. The van der Waals surface area contributed by atoms with Gasteiger partial charge in [0.2, 0.25) is 0 Å². The number of benzene rings is 2. The van der Waals surface area contributed by atoms with Gasteiger partial charge in [-0.1, -0.05) is 18.2 Å². The summed E-state index contributed by atoms with van der Waals surface area (Å²) in [5.74, 6) is -1.21. The summed E-state index contributed by atoms with van der Waals surface area (Å²) < 4.78 is 56.5. The van der Waals surface area contributed by atoms with Crippen LogP contribution in [-0.2, 0) is 0 Å². The molecule has 1 aliphatic carbocycles. The van der Waals surface area contributed by atoms with E-state index in [1.807, 2.05) is 0 Å². The number of phenols is 1. The van der Waals surface area contributed by atoms with E-state index in [-0.39, 0.29) is 22.4 Å². The first-order chi connectivity index (χ1) is 14.6. The fourth-order valence-electron chi connectivity index (χ4n) is 4.03. The molecule has 3 aromatic rings. The van der Waals surface area contributed by atoms with Gasteiger partial charge >= 0.3 is 6.18 Å². The topological polar surface area (TPSA) is 78.3 Å². The standard InChI is InChI=1S/C22H19F4N3O2/c1-3-12-9-21(31,22(24,25)26)20(13-7-8-15(23)19(30)18(12)13)29-17-6-4-5-16-14(17)10-27-11(2)28-16/h3-8,10,20,29-31H,9H2,1-2H3/b12-3-/t20-,21+/m0/s1. The van der Waals surface area contributed by atoms with Crippen LogP contribution in [0.15, 0.2) is 42.6 Å². The molecule has 0 bridgehead atoms. The Morgan fingerprint density at radius 1 is 1.23 bits per heavy atom. The number of hydrogen-bond donors (Lipinski definition) is 3. The van der Waals surface area contributed by atoms with Gasteiger partial charge in [0.1, 0.15) is 5.82 Å². The molecule has 0 aliphatic heterocycles. The first-order valence-electron chi connectivity index (χ1n) is 9.51. The van der Waals surface area contributed by atoms with E-state index in [2.05, 4.69) is 15.3 Å². The van der Waals surface area contributed by atoms with Gasteiger partial charge in [0.25, 0.3) is 0 Å². The first-order valence-corrected chi connectivity index (χ1v) is 9.51. The number of anilines is 1. The number of hydrogen-bond acceptors (Lipinski definition) is 5. The lowest BCUT2D eigenvalue weighted by Crippen LogP contribution is -2.54. The van der Waals surface area contributed by atoms with E-state index in [0.717, 1.165) is 12.1 Å². The van der Waals surface area contributed by atoms with E-state index in [9.17, 15) is 27.8 Å². The number of rotatable bonds is 2. The molecule has 0 spiro atoms. The summed E-state index contributed by atoms with van der Waals surface area (Å²) in [6.07, 6.45) is -3.05. The minimum Gasteiger partial charge on any atom is -0.504 e. The minimum absolute atomic E-state index is 0.00162. The number of nitrogens with zero attached hydrogens (tertiary/aromatic N) is 2. The van der Waals surface area contributed by atoms with E-state index < -0.39 is 35.8 Å². The zero-order valence-electron chi connectivity index (χ0n) is 16.6. The van der Waals surface area contributed by atoms with Gasteiger partial charge < -0.3 is 15.5 Å². The molecule has 5 nitrogen and oxygen atoms in total. The zero-order chi connectivity index (χ0) is 22.6. The summed E-state index contributed by atoms with van der Waals surface area (Å²) in [5.41, 5.74) is -2.55. The maximum Gasteiger partial charge on any atom is 0.419 e. The van der Waals surface area contributed by atoms with Gasteiger partial charge in [0, 0.05) is 29.3 Å². The van der Waals surface area contributed by atoms with Crippen LogP contribution in [0.3, 0.4) is 0 Å². The van der Waals surface area contributed by atoms with Gasteiger partial charge in [0.15, 0.2) is 17.2 Å². The second kappa shape index (κ2) is 7.19. The average molecular weight is 433 g/mol. The fourth-order valence-corrected chi connectivity index (χ4v) is 4.03. The fraction of sp³-hybridized carbons (Fsp3) is 0.273. The van der Waals surface area contributed by atoms with Crippen molar-refractivity contribution in [3.63, 3.8) is 0 Å². The Balaban J connectivity index is 1.95. The molecule has 162 valence electrons. The third-order valence-electron chi connectivity index (χ3n) is 5.62. The zero-order valence-corrected chi connectivity index (χ0v) is 16.6. The average Bonchev–Trinajstić information content (AvgIpc) is 2.71. The van der Waals surface area contributed by atoms with Gasteiger partial charge in [-0.3, -0.25) is 0 Å². The lowest BCUT2D eigenvalue weighted by molar-refractivity contribution is -0.265. The van der Waals surface area contributed by atoms with Crippen molar-refractivity contribution in [3.05, 3.63) is 65.4 Å². The molecule has 9 heteroatoms. The number of fused-ring (bicyclic) bond motifs is 2. The number of phenolic OH excluding ortho intramolecular Hbond substituents is 1. The van der Waals surface area contributed by atoms with Crippen LogP contribution in [0.2, 0.25) is 0 Å². The van der Waals surface area contributed by atoms with Crippen molar-refractivity contribution in [1.29, 1.82) is 0 Å². The summed E-state index contributed by atoms with van der Waals surface area (Å²) in [5, 5.41) is 24.4. The van der Waals surface area contributed by atoms with Gasteiger partial charge in [-0.15, -0.1) is 0 Å². The quantitative estimate of drug-likeness (QED) is 0.494. The van der Waals surface area contributed by atoms with Crippen LogP contribution < -0.4 is 5.32 Å². The number of allylic oxidation sites excluding steroid dienone is 1. The van der Waals surface area contributed by atoms with Crippen molar-refractivity contribution in [1.82, 2.24) is 9.97 Å². The SMILES string of the molecule is C/C=C1/C[C@](O)(C(F)(F)F)[C@@H](Nc2cccc3nc(C)ncc23)c2ccc(F)c(O)c21. The predicted molar refractivity (Wildman–Crippen MR) is 108 cm³/mol. The van der Waals surface area contributed by atoms with E-state index >= 15 is 0 Å². The van der Waals surface area contributed by atoms with Crippen molar-refractivity contribution in [2.24, 2.45) is 0 Å². The number of nitrogens with one attached hydrogen (secondary N) is 1. The molecule has 0 saturated carbocycles. The Hall–Kier alpha value is -3.20. The number of alkyl halides is 3. The van der Waals surface area contributed by atoms with Crippen molar-refractivity contribution >= 4 is 22.2 Å². The predicted octanol–water partition coefficient (Wildman–Crippen LogP) is 5.04. The van der Waals surface area contributed by atoms with Crippen LogP contribution in [0.1, 0.15) is 36.3 Å². The molecule has 3 N–H and O–H groups in total. The second-order valence-corrected chi connectivity index (χ2v) is 7.51. The number of aromatic hydroxyl groups is 1. The van der Waals surface area contributed by atoms with Crippen molar-refractivity contribution in [2.45, 2.75) is 38.1 Å². The van der Waals surface area contributed by atoms with Crippen LogP contribution in [0.5, 0.6) is 5.75 Å². The maximum absolute atomic E-state index is 14.2. The van der Waals surface area contributed by atoms with Crippen LogP contribution in [-0.4, -0.2) is 32.0 Å². The molecule has 1 aromatic heterocycles. The normalized spacial score (nSPS) is 22.5. The summed E-state index contributed by atoms with van der Waals surface area (Å²) >= 11 is 0. The number of aromatic nitrogens is 2. The molecule has 0 fully saturated rings. The molecular weight excluding hydrogens is 414 g/mol. The van der Waals surface area contributed by atoms with E-state index in [0.29, 0.717) is 16.7 Å². The van der Waals surface area contributed by atoms with Crippen molar-refractivity contribution < 1.29 is 27.8 Å². The largest absolute Gasteiger partial charge is 0.504 e. The van der Waals surface area contributed by atoms with Crippen molar-refractivity contribution in [2.75, 3.05) is 5.32 Å². The summed E-state index contributed by atoms with van der Waals surface area (Å²) in [6, 6.07) is 5.17. The lowest BCUT2D eigenvalue weighted by atomic mass is 9.72. The molecule has 2 atom stereocenters. The summed E-state index contributed by atoms with van der Waals surface area (Å²) in [4.78, 5) is 8.38. The van der Waals surface area contributed by atoms with Crippen molar-refractivity contribution in [3.8, 4) is 5.75 Å². The molecule has 2 aromatic carbocycles. The van der Waals surface area contributed by atoms with Gasteiger partial charge in [-0.2, -0.15) is 13.2 Å². The molecule has 0 amide bonds. The highest BCUT2D eigenvalue weighted by molar-refractivity contribution is 5.91. The van der Waals surface area contributed by atoms with Crippen LogP contribution in [0.4, 0.5) is 23.2 Å². The Morgan fingerprint density at radius 3 is 2.65 bits per heavy atom. The smallest absolute Gasteiger partial charge is 0.419 e. The Labute approximate surface area is 175 Å². The lowest BCUT2D eigenvalue weighted by Gasteiger charge is -2.44. The Morgan fingerprint density at radius 2 is 1.97 bits per heavy atom. The molecular formula is C22H19F4N3O2. The molecule has 1 heterocycles. The summed E-state index contributed by atoms with van der Waals surface area (Å²) in [7, 11) is 0. The number of aryl methyl sites for hydroxylation is 1. The molecule has 4 rings (SSSR count). The van der Waals surface area contributed by atoms with E-state index in [4.69, 9.17) is 0 Å². The monoisotopic (exact) mass is 433 g/mol. The molecule has 0 radical (unpaired) electrons. The first kappa shape index (κ1) is 21.0. The van der Waals surface area contributed by atoms with Gasteiger partial charge in [0.05, 0.1) is 11.6 Å².